The third kappa shape index (κ3) is 4.72. The maximum Gasteiger partial charge on any atom is 0.234 e. The number of carbonyl (C=O) groups is 1. The van der Waals surface area contributed by atoms with E-state index in [1.54, 1.807) is 6.26 Å². The van der Waals surface area contributed by atoms with Gasteiger partial charge in [-0.25, -0.2) is 0 Å². The highest BCUT2D eigenvalue weighted by Gasteiger charge is 2.08. The Kier molecular flexibility index (Phi) is 5.21. The van der Waals surface area contributed by atoms with Gasteiger partial charge in [-0.1, -0.05) is 23.7 Å². The third-order valence-corrected chi connectivity index (χ3v) is 3.07. The lowest BCUT2D eigenvalue weighted by Crippen LogP contribution is -2.34. The minimum absolute atomic E-state index is 0.0194. The van der Waals surface area contributed by atoms with Crippen molar-refractivity contribution in [2.24, 2.45) is 0 Å². The molecule has 2 aromatic rings. The Morgan fingerprint density at radius 2 is 2.05 bits per heavy atom. The number of amides is 1. The van der Waals surface area contributed by atoms with Crippen LogP contribution < -0.4 is 5.32 Å². The van der Waals surface area contributed by atoms with Crippen molar-refractivity contribution in [3.63, 3.8) is 0 Å². The van der Waals surface area contributed by atoms with Crippen LogP contribution in [0, 0.1) is 0 Å². The van der Waals surface area contributed by atoms with Crippen molar-refractivity contribution in [2.45, 2.75) is 13.1 Å². The molecule has 1 amide bonds. The zero-order valence-electron chi connectivity index (χ0n) is 11.3. The minimum Gasteiger partial charge on any atom is -0.468 e. The summed E-state index contributed by atoms with van der Waals surface area (Å²) in [5, 5.41) is 3.57. The van der Waals surface area contributed by atoms with Gasteiger partial charge < -0.3 is 9.73 Å². The molecule has 0 fully saturated rings. The molecule has 0 spiro atoms. The van der Waals surface area contributed by atoms with E-state index in [4.69, 9.17) is 16.0 Å². The van der Waals surface area contributed by atoms with Crippen LogP contribution >= 0.6 is 11.6 Å². The van der Waals surface area contributed by atoms with E-state index in [1.165, 1.54) is 0 Å². The molecule has 5 heteroatoms. The average Bonchev–Trinajstić information content (AvgIpc) is 2.90. The molecule has 1 aromatic heterocycles. The van der Waals surface area contributed by atoms with Gasteiger partial charge >= 0.3 is 0 Å². The van der Waals surface area contributed by atoms with Crippen LogP contribution in [0.15, 0.2) is 47.1 Å². The number of hydrogen-bond donors (Lipinski definition) is 1. The van der Waals surface area contributed by atoms with Crippen molar-refractivity contribution < 1.29 is 9.21 Å². The summed E-state index contributed by atoms with van der Waals surface area (Å²) in [5.74, 6) is 0.826. The van der Waals surface area contributed by atoms with E-state index >= 15 is 0 Å². The summed E-state index contributed by atoms with van der Waals surface area (Å²) in [6, 6.07) is 11.1. The fourth-order valence-corrected chi connectivity index (χ4v) is 1.95. The quantitative estimate of drug-likeness (QED) is 0.890. The largest absolute Gasteiger partial charge is 0.468 e. The molecule has 0 saturated carbocycles. The number of hydrogen-bond acceptors (Lipinski definition) is 3. The number of carbonyl (C=O) groups excluding carboxylic acids is 1. The van der Waals surface area contributed by atoms with Gasteiger partial charge in [0.25, 0.3) is 0 Å². The third-order valence-electron chi connectivity index (χ3n) is 2.82. The van der Waals surface area contributed by atoms with E-state index in [2.05, 4.69) is 5.32 Å². The summed E-state index contributed by atoms with van der Waals surface area (Å²) >= 11 is 5.81. The molecule has 1 heterocycles. The molecule has 0 aliphatic heterocycles. The predicted octanol–water partition coefficient (Wildman–Crippen LogP) is 2.68. The van der Waals surface area contributed by atoms with E-state index in [9.17, 15) is 4.79 Å². The molecule has 0 unspecified atom stereocenters. The first kappa shape index (κ1) is 14.6. The fourth-order valence-electron chi connectivity index (χ4n) is 1.83. The van der Waals surface area contributed by atoms with Crippen LogP contribution in [0.1, 0.15) is 11.3 Å². The van der Waals surface area contributed by atoms with Crippen molar-refractivity contribution in [3.05, 3.63) is 59.0 Å². The van der Waals surface area contributed by atoms with Crippen molar-refractivity contribution in [1.82, 2.24) is 10.2 Å². The number of rotatable bonds is 6. The summed E-state index contributed by atoms with van der Waals surface area (Å²) in [5.41, 5.74) is 1.02. The number of benzene rings is 1. The van der Waals surface area contributed by atoms with E-state index < -0.39 is 0 Å². The molecule has 0 radical (unpaired) electrons. The van der Waals surface area contributed by atoms with Gasteiger partial charge in [0.1, 0.15) is 5.76 Å². The molecule has 20 heavy (non-hydrogen) atoms. The number of furan rings is 1. The van der Waals surface area contributed by atoms with Crippen molar-refractivity contribution >= 4 is 17.5 Å². The highest BCUT2D eigenvalue weighted by Crippen LogP contribution is 2.09. The molecule has 0 saturated heterocycles. The van der Waals surface area contributed by atoms with Gasteiger partial charge in [-0.05, 0) is 36.9 Å². The number of nitrogens with zero attached hydrogens (tertiary/aromatic N) is 1. The summed E-state index contributed by atoms with van der Waals surface area (Å²) in [7, 11) is 1.88. The minimum atomic E-state index is -0.0194. The zero-order chi connectivity index (χ0) is 14.4. The Balaban J connectivity index is 1.73. The topological polar surface area (TPSA) is 45.5 Å². The van der Waals surface area contributed by atoms with E-state index in [-0.39, 0.29) is 5.91 Å². The maximum absolute atomic E-state index is 11.8. The first-order chi connectivity index (χ1) is 9.63. The second kappa shape index (κ2) is 7.12. The molecule has 0 bridgehead atoms. The molecule has 1 N–H and O–H groups in total. The molecule has 2 rings (SSSR count). The van der Waals surface area contributed by atoms with E-state index in [1.807, 2.05) is 48.3 Å². The molecule has 1 aromatic carbocycles. The standard InChI is InChI=1S/C15H17ClN2O2/c1-18(10-14-3-2-8-20-14)11-15(19)17-9-12-4-6-13(16)7-5-12/h2-8H,9-11H2,1H3,(H,17,19). The molecule has 106 valence electrons. The molecule has 0 aliphatic carbocycles. The van der Waals surface area contributed by atoms with Gasteiger partial charge in [-0.3, -0.25) is 9.69 Å². The Bertz CT molecular complexity index is 538. The van der Waals surface area contributed by atoms with Gasteiger partial charge in [0, 0.05) is 11.6 Å². The molecule has 0 atom stereocenters. The molecule has 4 nitrogen and oxygen atoms in total. The second-order valence-corrected chi connectivity index (χ2v) is 5.09. The van der Waals surface area contributed by atoms with Crippen LogP contribution in [0.5, 0.6) is 0 Å². The van der Waals surface area contributed by atoms with Crippen molar-refractivity contribution in [1.29, 1.82) is 0 Å². The summed E-state index contributed by atoms with van der Waals surface area (Å²) in [6.45, 7) is 1.44. The first-order valence-electron chi connectivity index (χ1n) is 6.35. The molecular formula is C15H17ClN2O2. The van der Waals surface area contributed by atoms with Crippen LogP contribution in [0.3, 0.4) is 0 Å². The Morgan fingerprint density at radius 3 is 2.70 bits per heavy atom. The van der Waals surface area contributed by atoms with Gasteiger partial charge in [-0.2, -0.15) is 0 Å². The first-order valence-corrected chi connectivity index (χ1v) is 6.73. The van der Waals surface area contributed by atoms with Gasteiger partial charge in [-0.15, -0.1) is 0 Å². The Morgan fingerprint density at radius 1 is 1.30 bits per heavy atom. The van der Waals surface area contributed by atoms with Gasteiger partial charge in [0.2, 0.25) is 5.91 Å². The summed E-state index contributed by atoms with van der Waals surface area (Å²) < 4.78 is 5.24. The average molecular weight is 293 g/mol. The number of halogens is 1. The lowest BCUT2D eigenvalue weighted by molar-refractivity contribution is -0.122. The van der Waals surface area contributed by atoms with Crippen LogP contribution in [-0.2, 0) is 17.9 Å². The number of likely N-dealkylation sites (N-methyl/N-ethyl adjacent to an activating group) is 1. The zero-order valence-corrected chi connectivity index (χ0v) is 12.1. The predicted molar refractivity (Wildman–Crippen MR) is 78.3 cm³/mol. The monoisotopic (exact) mass is 292 g/mol. The fraction of sp³-hybridized carbons (Fsp3) is 0.267. The maximum atomic E-state index is 11.8. The highest BCUT2D eigenvalue weighted by atomic mass is 35.5. The lowest BCUT2D eigenvalue weighted by atomic mass is 10.2. The van der Waals surface area contributed by atoms with Crippen LogP contribution in [0.25, 0.3) is 0 Å². The summed E-state index contributed by atoms with van der Waals surface area (Å²) in [6.07, 6.45) is 1.63. The second-order valence-electron chi connectivity index (χ2n) is 4.65. The smallest absolute Gasteiger partial charge is 0.234 e. The van der Waals surface area contributed by atoms with Crippen LogP contribution in [0.2, 0.25) is 5.02 Å². The Hall–Kier alpha value is -1.78. The number of nitrogens with one attached hydrogen (secondary N) is 1. The molecule has 0 aliphatic rings. The lowest BCUT2D eigenvalue weighted by Gasteiger charge is -2.14. The normalized spacial score (nSPS) is 10.8. The van der Waals surface area contributed by atoms with E-state index in [0.29, 0.717) is 24.7 Å². The summed E-state index contributed by atoms with van der Waals surface area (Å²) in [4.78, 5) is 13.7. The van der Waals surface area contributed by atoms with Gasteiger partial charge in [0.05, 0.1) is 19.4 Å². The van der Waals surface area contributed by atoms with Crippen LogP contribution in [-0.4, -0.2) is 24.4 Å². The van der Waals surface area contributed by atoms with Crippen molar-refractivity contribution in [3.8, 4) is 0 Å². The highest BCUT2D eigenvalue weighted by molar-refractivity contribution is 6.30. The van der Waals surface area contributed by atoms with Crippen molar-refractivity contribution in [2.75, 3.05) is 13.6 Å². The van der Waals surface area contributed by atoms with Crippen LogP contribution in [0.4, 0.5) is 0 Å². The van der Waals surface area contributed by atoms with Gasteiger partial charge in [0.15, 0.2) is 0 Å². The SMILES string of the molecule is CN(CC(=O)NCc1ccc(Cl)cc1)Cc1ccco1. The van der Waals surface area contributed by atoms with E-state index in [0.717, 1.165) is 11.3 Å². The molecular weight excluding hydrogens is 276 g/mol. The Labute approximate surface area is 123 Å².